The molecule has 2 saturated carbocycles. The second kappa shape index (κ2) is 15.5. The second-order valence-electron chi connectivity index (χ2n) is 18.3. The molecule has 3 N–H and O–H groups in total. The number of carbonyl (C=O) groups excluding carboxylic acids is 4. The van der Waals surface area contributed by atoms with Crippen LogP contribution in [0.3, 0.4) is 0 Å². The summed E-state index contributed by atoms with van der Waals surface area (Å²) in [5, 5.41) is 6.83. The molecule has 0 radical (unpaired) electrons. The van der Waals surface area contributed by atoms with Crippen LogP contribution in [0.5, 0.6) is 11.6 Å². The number of sulfonamides is 1. The molecule has 7 rings (SSSR count). The van der Waals surface area contributed by atoms with Gasteiger partial charge in [0.25, 0.3) is 5.91 Å². The van der Waals surface area contributed by atoms with Gasteiger partial charge in [-0.2, -0.15) is 0 Å². The van der Waals surface area contributed by atoms with E-state index < -0.39 is 74.1 Å². The quantitative estimate of drug-likeness (QED) is 0.272. The maximum Gasteiger partial charge on any atom is 0.407 e. The lowest BCUT2D eigenvalue weighted by Gasteiger charge is -2.35. The number of hydrogen-bond acceptors (Lipinski definition) is 10. The number of aromatic nitrogens is 2. The zero-order chi connectivity index (χ0) is 42.7. The van der Waals surface area contributed by atoms with Gasteiger partial charge in [-0.25, -0.2) is 18.2 Å². The number of methoxy groups -OCH3 is 1. The molecule has 1 aromatic carbocycles. The SMILES string of the molecule is C=C[C@@H]1C[C@]1(NC(=O)[C@@H]1C[C@@H]2CN1C(=O)[C@H](C(C)(C)C)NC(=O)OCC(C)(C)CC/C=C/Cn1cc(C)c3c4ccc(OC)cc4nc(c31)O2)C(=O)NS(=O)(=O)C1CC1. The van der Waals surface area contributed by atoms with Crippen molar-refractivity contribution in [3.05, 3.63) is 54.8 Å². The Morgan fingerprint density at radius 3 is 2.56 bits per heavy atom. The Morgan fingerprint density at radius 2 is 1.90 bits per heavy atom. The number of nitrogens with one attached hydrogen (secondary N) is 3. The average molecular weight is 833 g/mol. The molecule has 2 aliphatic heterocycles. The molecule has 0 unspecified atom stereocenters. The van der Waals surface area contributed by atoms with Crippen molar-refractivity contribution in [1.29, 1.82) is 0 Å². The Balaban J connectivity index is 1.30. The van der Waals surface area contributed by atoms with Gasteiger partial charge in [0.1, 0.15) is 35.0 Å². The van der Waals surface area contributed by atoms with Crippen molar-refractivity contribution in [2.45, 2.75) is 116 Å². The van der Waals surface area contributed by atoms with Gasteiger partial charge in [-0.05, 0) is 67.6 Å². The summed E-state index contributed by atoms with van der Waals surface area (Å²) in [6, 6.07) is 3.39. The van der Waals surface area contributed by atoms with Crippen LogP contribution < -0.4 is 24.8 Å². The third-order valence-electron chi connectivity index (χ3n) is 12.0. The first kappa shape index (κ1) is 42.0. The minimum absolute atomic E-state index is 0.00279. The van der Waals surface area contributed by atoms with Crippen molar-refractivity contribution in [3.8, 4) is 11.6 Å². The van der Waals surface area contributed by atoms with Crippen molar-refractivity contribution in [1.82, 2.24) is 29.8 Å². The first-order chi connectivity index (χ1) is 27.8. The van der Waals surface area contributed by atoms with Gasteiger partial charge in [-0.1, -0.05) is 52.8 Å². The Kier molecular flexibility index (Phi) is 11.0. The fraction of sp³-hybridized carbons (Fsp3) is 0.558. The number of hydrogen-bond donors (Lipinski definition) is 3. The monoisotopic (exact) mass is 832 g/mol. The van der Waals surface area contributed by atoms with E-state index in [0.29, 0.717) is 36.5 Å². The minimum atomic E-state index is -3.92. The van der Waals surface area contributed by atoms with E-state index in [0.717, 1.165) is 34.7 Å². The number of allylic oxidation sites excluding steroid dienone is 2. The molecule has 5 atom stereocenters. The van der Waals surface area contributed by atoms with Crippen molar-refractivity contribution < 1.29 is 41.8 Å². The maximum absolute atomic E-state index is 14.8. The molecule has 4 aliphatic rings. The zero-order valence-electron chi connectivity index (χ0n) is 34.9. The van der Waals surface area contributed by atoms with E-state index in [1.54, 1.807) is 27.9 Å². The van der Waals surface area contributed by atoms with Crippen LogP contribution in [0.4, 0.5) is 4.79 Å². The average Bonchev–Trinajstić information content (AvgIpc) is 4.08. The van der Waals surface area contributed by atoms with E-state index in [-0.39, 0.29) is 31.4 Å². The van der Waals surface area contributed by atoms with Gasteiger partial charge in [-0.3, -0.25) is 19.1 Å². The number of nitrogens with zero attached hydrogens (tertiary/aromatic N) is 3. The van der Waals surface area contributed by atoms with Crippen LogP contribution in [0, 0.1) is 23.7 Å². The zero-order valence-corrected chi connectivity index (χ0v) is 35.7. The third-order valence-corrected chi connectivity index (χ3v) is 13.8. The van der Waals surface area contributed by atoms with Crippen LogP contribution >= 0.6 is 0 Å². The highest BCUT2D eigenvalue weighted by molar-refractivity contribution is 7.91. The fourth-order valence-corrected chi connectivity index (χ4v) is 9.60. The number of fused-ring (bicyclic) bond motifs is 4. The molecule has 3 fully saturated rings. The van der Waals surface area contributed by atoms with Crippen molar-refractivity contribution in [3.63, 3.8) is 0 Å². The Morgan fingerprint density at radius 1 is 1.15 bits per heavy atom. The summed E-state index contributed by atoms with van der Waals surface area (Å²) in [6.45, 7) is 15.9. The van der Waals surface area contributed by atoms with Crippen LogP contribution in [0.25, 0.3) is 21.8 Å². The van der Waals surface area contributed by atoms with Gasteiger partial charge in [0.15, 0.2) is 0 Å². The lowest BCUT2D eigenvalue weighted by atomic mass is 9.85. The largest absolute Gasteiger partial charge is 0.497 e. The summed E-state index contributed by atoms with van der Waals surface area (Å²) in [7, 11) is -2.34. The fourth-order valence-electron chi connectivity index (χ4n) is 8.23. The highest BCUT2D eigenvalue weighted by Crippen LogP contribution is 2.46. The summed E-state index contributed by atoms with van der Waals surface area (Å²) >= 11 is 0. The van der Waals surface area contributed by atoms with Gasteiger partial charge in [-0.15, -0.1) is 6.58 Å². The first-order valence-electron chi connectivity index (χ1n) is 20.3. The normalized spacial score (nSPS) is 27.0. The van der Waals surface area contributed by atoms with Crippen molar-refractivity contribution in [2.75, 3.05) is 20.3 Å². The molecule has 4 amide bonds. The molecule has 59 heavy (non-hydrogen) atoms. The molecule has 3 aromatic rings. The lowest BCUT2D eigenvalue weighted by molar-refractivity contribution is -0.142. The molecular formula is C43H56N6O9S. The van der Waals surface area contributed by atoms with Gasteiger partial charge in [0, 0.05) is 41.9 Å². The Bertz CT molecular complexity index is 2340. The summed E-state index contributed by atoms with van der Waals surface area (Å²) in [5.41, 5.74) is -0.380. The molecule has 318 valence electrons. The third kappa shape index (κ3) is 8.50. The Hall–Kier alpha value is -5.12. The molecule has 15 nitrogen and oxygen atoms in total. The topological polar surface area (TPSA) is 187 Å². The van der Waals surface area contributed by atoms with Crippen LogP contribution in [0.1, 0.15) is 78.7 Å². The number of carbonyl (C=O) groups is 4. The minimum Gasteiger partial charge on any atom is -0.497 e. The lowest BCUT2D eigenvalue weighted by Crippen LogP contribution is -2.60. The van der Waals surface area contributed by atoms with Gasteiger partial charge >= 0.3 is 6.09 Å². The maximum atomic E-state index is 14.8. The molecule has 1 saturated heterocycles. The molecule has 2 aromatic heterocycles. The van der Waals surface area contributed by atoms with E-state index in [1.807, 2.05) is 39.0 Å². The van der Waals surface area contributed by atoms with E-state index in [9.17, 15) is 27.6 Å². The van der Waals surface area contributed by atoms with Gasteiger partial charge in [0.2, 0.25) is 27.7 Å². The number of amides is 4. The molecular weight excluding hydrogens is 777 g/mol. The van der Waals surface area contributed by atoms with E-state index in [2.05, 4.69) is 44.9 Å². The number of alkyl carbamates (subject to hydrolysis) is 1. The molecule has 2 aliphatic carbocycles. The van der Waals surface area contributed by atoms with E-state index >= 15 is 0 Å². The van der Waals surface area contributed by atoms with Crippen LogP contribution in [-0.4, -0.2) is 95.9 Å². The van der Waals surface area contributed by atoms with Crippen molar-refractivity contribution in [2.24, 2.45) is 16.7 Å². The molecule has 4 heterocycles. The van der Waals surface area contributed by atoms with Crippen LogP contribution in [0.15, 0.2) is 49.2 Å². The number of pyridine rings is 1. The summed E-state index contributed by atoms with van der Waals surface area (Å²) in [5.74, 6) is -1.67. The van der Waals surface area contributed by atoms with Gasteiger partial charge in [0.05, 0.1) is 31.0 Å². The smallest absolute Gasteiger partial charge is 0.407 e. The highest BCUT2D eigenvalue weighted by atomic mass is 32.2. The standard InChI is InChI=1S/C43H56N6O9S/c1-9-26-21-43(26,39(52)47-59(54,55)29-14-15-29)46-36(50)32-20-28-23-49(32)38(51)35(41(3,4)5)45-40(53)57-24-42(6,7)17-11-10-12-18-48-22-25(2)33-30-16-13-27(56-8)19-31(30)44-37(58-28)34(33)48/h9-10,12-13,16,19,22,26,28-29,32,35H,1,11,14-15,17-18,20-21,23-24H2,2-8H3,(H,45,53)(H,46,50)(H,47,52)/b12-10+/t26-,28-,32+,35-,43-/m1/s1. The van der Waals surface area contributed by atoms with Crippen LogP contribution in [-0.2, 0) is 35.7 Å². The predicted molar refractivity (Wildman–Crippen MR) is 222 cm³/mol. The number of benzene rings is 1. The number of aryl methyl sites for hydroxylation is 1. The Labute approximate surface area is 345 Å². The first-order valence-corrected chi connectivity index (χ1v) is 21.8. The van der Waals surface area contributed by atoms with Crippen molar-refractivity contribution >= 4 is 55.6 Å². The molecule has 0 spiro atoms. The molecule has 2 bridgehead atoms. The highest BCUT2D eigenvalue weighted by Gasteiger charge is 2.62. The molecule has 16 heteroatoms. The van der Waals surface area contributed by atoms with E-state index in [1.165, 1.54) is 11.0 Å². The van der Waals surface area contributed by atoms with E-state index in [4.69, 9.17) is 19.2 Å². The summed E-state index contributed by atoms with van der Waals surface area (Å²) in [6.07, 6.45) is 8.75. The number of cyclic esters (lactones) is 1. The second-order valence-corrected chi connectivity index (χ2v) is 20.3. The van der Waals surface area contributed by atoms with Crippen LogP contribution in [0.2, 0.25) is 0 Å². The summed E-state index contributed by atoms with van der Waals surface area (Å²) < 4.78 is 47.9. The summed E-state index contributed by atoms with van der Waals surface area (Å²) in [4.78, 5) is 62.8. The number of ether oxygens (including phenoxy) is 3. The number of rotatable bonds is 7. The van der Waals surface area contributed by atoms with Gasteiger partial charge < -0.3 is 34.3 Å². The predicted octanol–water partition coefficient (Wildman–Crippen LogP) is 5.04.